The summed E-state index contributed by atoms with van der Waals surface area (Å²) in [6.45, 7) is 4.89. The van der Waals surface area contributed by atoms with E-state index in [1.165, 1.54) is 18.9 Å². The van der Waals surface area contributed by atoms with Crippen molar-refractivity contribution in [3.8, 4) is 5.95 Å². The molecule has 1 unspecified atom stereocenters. The van der Waals surface area contributed by atoms with Gasteiger partial charge in [-0.15, -0.1) is 0 Å². The number of carboxylic acids is 1. The minimum absolute atomic E-state index is 0.0818. The second-order valence-corrected chi connectivity index (χ2v) is 4.15. The van der Waals surface area contributed by atoms with Gasteiger partial charge in [-0.05, 0) is 18.4 Å². The van der Waals surface area contributed by atoms with Crippen LogP contribution in [-0.2, 0) is 0 Å². The Hall–Kier alpha value is -1.45. The lowest BCUT2D eigenvalue weighted by Crippen LogP contribution is -2.10. The molecule has 0 amide bonds. The molecule has 4 heteroatoms. The van der Waals surface area contributed by atoms with Crippen molar-refractivity contribution in [2.24, 2.45) is 5.92 Å². The topological polar surface area (TPSA) is 59.7 Å². The van der Waals surface area contributed by atoms with E-state index < -0.39 is 5.97 Å². The first-order valence-corrected chi connectivity index (χ1v) is 6.13. The Morgan fingerprint density at radius 1 is 1.47 bits per heavy atom. The molecule has 1 aromatic heterocycles. The number of hydrogen-bond acceptors (Lipinski definition) is 3. The van der Waals surface area contributed by atoms with Crippen molar-refractivity contribution < 1.29 is 19.1 Å². The average Bonchev–Trinajstić information content (AvgIpc) is 2.78. The number of aromatic carboxylic acids is 1. The number of ether oxygens (including phenoxy) is 1. The van der Waals surface area contributed by atoms with Gasteiger partial charge in [-0.25, -0.2) is 4.79 Å². The van der Waals surface area contributed by atoms with Crippen molar-refractivity contribution in [3.63, 3.8) is 0 Å². The smallest absolute Gasteiger partial charge is 0.371 e. The first-order chi connectivity index (χ1) is 8.17. The van der Waals surface area contributed by atoms with E-state index in [1.54, 1.807) is 6.07 Å². The van der Waals surface area contributed by atoms with Crippen LogP contribution in [0.2, 0.25) is 0 Å². The van der Waals surface area contributed by atoms with Crippen LogP contribution in [0.25, 0.3) is 0 Å². The van der Waals surface area contributed by atoms with Crippen LogP contribution in [0.5, 0.6) is 5.95 Å². The number of unbranched alkanes of at least 4 members (excludes halogenated alkanes) is 1. The molecule has 1 heterocycles. The van der Waals surface area contributed by atoms with E-state index >= 15 is 0 Å². The van der Waals surface area contributed by atoms with E-state index in [2.05, 4.69) is 13.8 Å². The lowest BCUT2D eigenvalue weighted by molar-refractivity contribution is 0.0651. The normalized spacial score (nSPS) is 12.4. The highest BCUT2D eigenvalue weighted by atomic mass is 16.6. The Labute approximate surface area is 102 Å². The molecular formula is C13H20O4. The summed E-state index contributed by atoms with van der Waals surface area (Å²) >= 11 is 0. The minimum atomic E-state index is -1.07. The van der Waals surface area contributed by atoms with Gasteiger partial charge in [0.2, 0.25) is 5.76 Å². The lowest BCUT2D eigenvalue weighted by atomic mass is 10.0. The van der Waals surface area contributed by atoms with E-state index in [1.807, 2.05) is 0 Å². The predicted molar refractivity (Wildman–Crippen MR) is 64.5 cm³/mol. The van der Waals surface area contributed by atoms with E-state index in [-0.39, 0.29) is 11.7 Å². The molecule has 0 saturated carbocycles. The van der Waals surface area contributed by atoms with E-state index in [9.17, 15) is 4.79 Å². The fraction of sp³-hybridized carbons (Fsp3) is 0.615. The van der Waals surface area contributed by atoms with Gasteiger partial charge in [0.15, 0.2) is 0 Å². The molecule has 1 rings (SSSR count). The molecule has 1 N–H and O–H groups in total. The van der Waals surface area contributed by atoms with Crippen LogP contribution >= 0.6 is 0 Å². The van der Waals surface area contributed by atoms with Crippen molar-refractivity contribution in [2.45, 2.75) is 39.5 Å². The second-order valence-electron chi connectivity index (χ2n) is 4.15. The molecule has 0 bridgehead atoms. The van der Waals surface area contributed by atoms with Crippen molar-refractivity contribution in [1.82, 2.24) is 0 Å². The molecular weight excluding hydrogens is 220 g/mol. The zero-order valence-electron chi connectivity index (χ0n) is 10.4. The quantitative estimate of drug-likeness (QED) is 0.754. The summed E-state index contributed by atoms with van der Waals surface area (Å²) in [7, 11) is 0. The number of carbonyl (C=O) groups is 1. The van der Waals surface area contributed by atoms with Crippen LogP contribution in [0.15, 0.2) is 16.5 Å². The Morgan fingerprint density at radius 3 is 2.76 bits per heavy atom. The van der Waals surface area contributed by atoms with Gasteiger partial charge in [0.1, 0.15) is 0 Å². The summed E-state index contributed by atoms with van der Waals surface area (Å²) in [4.78, 5) is 10.6. The third-order valence-corrected chi connectivity index (χ3v) is 2.80. The summed E-state index contributed by atoms with van der Waals surface area (Å²) in [5, 5.41) is 8.69. The molecule has 0 aliphatic rings. The predicted octanol–water partition coefficient (Wildman–Crippen LogP) is 3.57. The summed E-state index contributed by atoms with van der Waals surface area (Å²) in [5.74, 6) is -0.356. The Bertz CT molecular complexity index is 343. The van der Waals surface area contributed by atoms with Gasteiger partial charge in [0.05, 0.1) is 6.61 Å². The summed E-state index contributed by atoms with van der Waals surface area (Å²) in [6, 6.07) is 2.96. The van der Waals surface area contributed by atoms with E-state index in [4.69, 9.17) is 14.3 Å². The van der Waals surface area contributed by atoms with Gasteiger partial charge >= 0.3 is 5.97 Å². The zero-order chi connectivity index (χ0) is 12.7. The molecule has 0 fully saturated rings. The third kappa shape index (κ3) is 4.51. The maximum Gasteiger partial charge on any atom is 0.371 e. The molecule has 0 spiro atoms. The van der Waals surface area contributed by atoms with Crippen LogP contribution in [0.3, 0.4) is 0 Å². The van der Waals surface area contributed by atoms with Crippen molar-refractivity contribution in [2.75, 3.05) is 6.61 Å². The molecule has 0 aliphatic heterocycles. The van der Waals surface area contributed by atoms with Gasteiger partial charge in [-0.1, -0.05) is 33.1 Å². The van der Waals surface area contributed by atoms with Crippen LogP contribution < -0.4 is 4.74 Å². The number of hydrogen-bond donors (Lipinski definition) is 1. The molecule has 0 aliphatic carbocycles. The van der Waals surface area contributed by atoms with Gasteiger partial charge < -0.3 is 14.3 Å². The standard InChI is InChI=1S/C13H20O4/c1-3-5-6-10(4-2)9-16-12-8-7-11(17-12)13(14)15/h7-8,10H,3-6,9H2,1-2H3,(H,14,15). The van der Waals surface area contributed by atoms with Gasteiger partial charge in [-0.2, -0.15) is 0 Å². The molecule has 96 valence electrons. The Morgan fingerprint density at radius 2 is 2.24 bits per heavy atom. The Balaban J connectivity index is 2.39. The first kappa shape index (κ1) is 13.6. The number of rotatable bonds is 8. The van der Waals surface area contributed by atoms with Crippen molar-refractivity contribution >= 4 is 5.97 Å². The third-order valence-electron chi connectivity index (χ3n) is 2.80. The maximum atomic E-state index is 10.6. The first-order valence-electron chi connectivity index (χ1n) is 6.13. The molecule has 0 radical (unpaired) electrons. The van der Waals surface area contributed by atoms with Crippen LogP contribution in [0.1, 0.15) is 50.1 Å². The van der Waals surface area contributed by atoms with Gasteiger partial charge in [0.25, 0.3) is 5.95 Å². The number of carboxylic acid groups (broad SMARTS) is 1. The Kier molecular flexibility index (Phi) is 5.60. The maximum absolute atomic E-state index is 10.6. The lowest BCUT2D eigenvalue weighted by Gasteiger charge is -2.13. The summed E-state index contributed by atoms with van der Waals surface area (Å²) in [6.07, 6.45) is 4.58. The van der Waals surface area contributed by atoms with Crippen molar-refractivity contribution in [3.05, 3.63) is 17.9 Å². The average molecular weight is 240 g/mol. The highest BCUT2D eigenvalue weighted by Crippen LogP contribution is 2.19. The largest absolute Gasteiger partial charge is 0.475 e. The summed E-state index contributed by atoms with van der Waals surface area (Å²) in [5.41, 5.74) is 0. The van der Waals surface area contributed by atoms with Gasteiger partial charge in [0, 0.05) is 6.07 Å². The zero-order valence-corrected chi connectivity index (χ0v) is 10.4. The fourth-order valence-corrected chi connectivity index (χ4v) is 1.61. The molecule has 0 saturated heterocycles. The highest BCUT2D eigenvalue weighted by molar-refractivity contribution is 5.84. The van der Waals surface area contributed by atoms with Crippen LogP contribution in [0.4, 0.5) is 0 Å². The SMILES string of the molecule is CCCCC(CC)COc1ccc(C(=O)O)o1. The molecule has 17 heavy (non-hydrogen) atoms. The number of furan rings is 1. The molecule has 0 aromatic carbocycles. The summed E-state index contributed by atoms with van der Waals surface area (Å²) < 4.78 is 10.5. The van der Waals surface area contributed by atoms with Crippen molar-refractivity contribution in [1.29, 1.82) is 0 Å². The van der Waals surface area contributed by atoms with E-state index in [0.29, 0.717) is 12.5 Å². The van der Waals surface area contributed by atoms with E-state index in [0.717, 1.165) is 12.8 Å². The molecule has 4 nitrogen and oxygen atoms in total. The minimum Gasteiger partial charge on any atom is -0.475 e. The highest BCUT2D eigenvalue weighted by Gasteiger charge is 2.11. The van der Waals surface area contributed by atoms with Crippen LogP contribution in [0, 0.1) is 5.92 Å². The second kappa shape index (κ2) is 6.99. The molecule has 1 aromatic rings. The van der Waals surface area contributed by atoms with Gasteiger partial charge in [-0.3, -0.25) is 0 Å². The molecule has 1 atom stereocenters. The fourth-order valence-electron chi connectivity index (χ4n) is 1.61. The van der Waals surface area contributed by atoms with Crippen LogP contribution in [-0.4, -0.2) is 17.7 Å². The monoisotopic (exact) mass is 240 g/mol.